The number of hydrogen-bond donors (Lipinski definition) is 2. The monoisotopic (exact) mass is 219 g/mol. The van der Waals surface area contributed by atoms with Crippen LogP contribution in [0.4, 0.5) is 0 Å². The zero-order valence-corrected chi connectivity index (χ0v) is 9.84. The van der Waals surface area contributed by atoms with Crippen LogP contribution in [0.25, 0.3) is 0 Å². The summed E-state index contributed by atoms with van der Waals surface area (Å²) in [5, 5.41) is 6.74. The van der Waals surface area contributed by atoms with Crippen LogP contribution in [-0.2, 0) is 0 Å². The Morgan fingerprint density at radius 1 is 1.06 bits per heavy atom. The molecule has 0 radical (unpaired) electrons. The summed E-state index contributed by atoms with van der Waals surface area (Å²) in [4.78, 5) is 4.64. The van der Waals surface area contributed by atoms with Crippen LogP contribution in [0, 0.1) is 0 Å². The van der Waals surface area contributed by atoms with Gasteiger partial charge < -0.3 is 10.6 Å². The maximum atomic E-state index is 4.64. The third-order valence-electron chi connectivity index (χ3n) is 2.96. The molecule has 3 heteroatoms. The molecule has 0 amide bonds. The molecule has 0 atom stereocenters. The molecule has 0 unspecified atom stereocenters. The molecule has 1 saturated heterocycles. The van der Waals surface area contributed by atoms with Crippen LogP contribution in [0.1, 0.15) is 25.7 Å². The van der Waals surface area contributed by atoms with E-state index in [4.69, 9.17) is 0 Å². The van der Waals surface area contributed by atoms with E-state index in [1.165, 1.54) is 30.5 Å². The van der Waals surface area contributed by atoms with Crippen LogP contribution in [0.2, 0.25) is 0 Å². The molecule has 0 aromatic heterocycles. The number of allylic oxidation sites excluding steroid dienone is 1. The van der Waals surface area contributed by atoms with Gasteiger partial charge in [-0.1, -0.05) is 12.2 Å². The van der Waals surface area contributed by atoms with Gasteiger partial charge in [0.2, 0.25) is 0 Å². The standard InChI is InChI=1S/C13H21N3/c1-2-4-6-8-16-13-11-15-10-12(13)9-14-7-5-3-1/h2,4,9,14-15H,1,3,5-8,10-11H2/b4-2+,12-9-,16-13-. The van der Waals surface area contributed by atoms with Gasteiger partial charge in [-0.05, 0) is 25.7 Å². The predicted octanol–water partition coefficient (Wildman–Crippen LogP) is 1.63. The zero-order chi connectivity index (χ0) is 11.1. The van der Waals surface area contributed by atoms with Crippen LogP contribution < -0.4 is 10.6 Å². The van der Waals surface area contributed by atoms with E-state index in [1.54, 1.807) is 0 Å². The van der Waals surface area contributed by atoms with Crippen molar-refractivity contribution in [3.8, 4) is 0 Å². The number of rotatable bonds is 0. The lowest BCUT2D eigenvalue weighted by Gasteiger charge is -2.02. The van der Waals surface area contributed by atoms with Crippen molar-refractivity contribution in [2.45, 2.75) is 25.7 Å². The van der Waals surface area contributed by atoms with Crippen molar-refractivity contribution < 1.29 is 0 Å². The second kappa shape index (κ2) is 6.48. The Balaban J connectivity index is 1.98. The minimum Gasteiger partial charge on any atom is -0.391 e. The van der Waals surface area contributed by atoms with Gasteiger partial charge in [-0.15, -0.1) is 0 Å². The van der Waals surface area contributed by atoms with Crippen LogP contribution in [0.3, 0.4) is 0 Å². The number of nitrogens with zero attached hydrogens (tertiary/aromatic N) is 1. The molecule has 0 aliphatic carbocycles. The molecule has 16 heavy (non-hydrogen) atoms. The lowest BCUT2D eigenvalue weighted by atomic mass is 10.2. The summed E-state index contributed by atoms with van der Waals surface area (Å²) in [6, 6.07) is 0. The average molecular weight is 219 g/mol. The first-order valence-corrected chi connectivity index (χ1v) is 6.28. The lowest BCUT2D eigenvalue weighted by molar-refractivity contribution is 0.701. The normalized spacial score (nSPS) is 31.5. The third kappa shape index (κ3) is 3.49. The molecule has 3 nitrogen and oxygen atoms in total. The highest BCUT2D eigenvalue weighted by Crippen LogP contribution is 2.05. The quantitative estimate of drug-likeness (QED) is 0.608. The predicted molar refractivity (Wildman–Crippen MR) is 68.9 cm³/mol. The second-order valence-corrected chi connectivity index (χ2v) is 4.31. The molecular formula is C13H21N3. The van der Waals surface area contributed by atoms with E-state index in [0.29, 0.717) is 0 Å². The Morgan fingerprint density at radius 3 is 3.00 bits per heavy atom. The molecular weight excluding hydrogens is 198 g/mol. The van der Waals surface area contributed by atoms with Crippen molar-refractivity contribution >= 4 is 5.71 Å². The van der Waals surface area contributed by atoms with Gasteiger partial charge in [0.25, 0.3) is 0 Å². The maximum Gasteiger partial charge on any atom is 0.0545 e. The van der Waals surface area contributed by atoms with Crippen molar-refractivity contribution in [2.24, 2.45) is 4.99 Å². The molecule has 2 heterocycles. The highest BCUT2D eigenvalue weighted by molar-refractivity contribution is 6.03. The van der Waals surface area contributed by atoms with E-state index in [1.807, 2.05) is 0 Å². The van der Waals surface area contributed by atoms with Crippen molar-refractivity contribution in [1.29, 1.82) is 0 Å². The molecule has 0 saturated carbocycles. The summed E-state index contributed by atoms with van der Waals surface area (Å²) in [6.07, 6.45) is 11.5. The van der Waals surface area contributed by atoms with Crippen molar-refractivity contribution in [1.82, 2.24) is 10.6 Å². The average Bonchev–Trinajstić information content (AvgIpc) is 2.73. The van der Waals surface area contributed by atoms with E-state index in [-0.39, 0.29) is 0 Å². The first-order chi connectivity index (χ1) is 7.97. The van der Waals surface area contributed by atoms with Crippen LogP contribution in [-0.4, -0.2) is 31.9 Å². The molecule has 0 aromatic rings. The minimum absolute atomic E-state index is 0.921. The molecule has 2 rings (SSSR count). The van der Waals surface area contributed by atoms with Gasteiger partial charge in [-0.3, -0.25) is 4.99 Å². The van der Waals surface area contributed by atoms with E-state index in [2.05, 4.69) is 34.0 Å². The van der Waals surface area contributed by atoms with Crippen molar-refractivity contribution in [3.05, 3.63) is 23.9 Å². The number of hydrogen-bond acceptors (Lipinski definition) is 3. The summed E-state index contributed by atoms with van der Waals surface area (Å²) in [5.74, 6) is 0. The summed E-state index contributed by atoms with van der Waals surface area (Å²) in [5.41, 5.74) is 2.57. The number of fused-ring (bicyclic) bond motifs is 1. The largest absolute Gasteiger partial charge is 0.391 e. The summed E-state index contributed by atoms with van der Waals surface area (Å²) < 4.78 is 0. The Labute approximate surface area is 97.7 Å². The molecule has 2 N–H and O–H groups in total. The SMILES string of the molecule is C1=C2/CNC/C2=N/CC/C=C/CCCCN/1. The molecule has 2 aliphatic heterocycles. The van der Waals surface area contributed by atoms with Gasteiger partial charge in [0.05, 0.1) is 5.71 Å². The number of nitrogens with one attached hydrogen (secondary N) is 2. The zero-order valence-electron chi connectivity index (χ0n) is 9.84. The van der Waals surface area contributed by atoms with Gasteiger partial charge in [0.1, 0.15) is 0 Å². The van der Waals surface area contributed by atoms with Gasteiger partial charge >= 0.3 is 0 Å². The first kappa shape index (κ1) is 11.4. The topological polar surface area (TPSA) is 36.4 Å². The summed E-state index contributed by atoms with van der Waals surface area (Å²) in [6.45, 7) is 3.88. The first-order valence-electron chi connectivity index (χ1n) is 6.28. The third-order valence-corrected chi connectivity index (χ3v) is 2.96. The molecule has 1 fully saturated rings. The lowest BCUT2D eigenvalue weighted by Crippen LogP contribution is -2.11. The van der Waals surface area contributed by atoms with E-state index >= 15 is 0 Å². The molecule has 88 valence electrons. The Bertz CT molecular complexity index is 302. The summed E-state index contributed by atoms with van der Waals surface area (Å²) >= 11 is 0. The van der Waals surface area contributed by atoms with E-state index < -0.39 is 0 Å². The molecule has 2 aliphatic rings. The van der Waals surface area contributed by atoms with Crippen molar-refractivity contribution in [3.63, 3.8) is 0 Å². The van der Waals surface area contributed by atoms with E-state index in [0.717, 1.165) is 32.6 Å². The van der Waals surface area contributed by atoms with Crippen LogP contribution in [0.5, 0.6) is 0 Å². The highest BCUT2D eigenvalue weighted by atomic mass is 15.0. The fourth-order valence-electron chi connectivity index (χ4n) is 2.02. The fourth-order valence-corrected chi connectivity index (χ4v) is 2.02. The maximum absolute atomic E-state index is 4.64. The number of aliphatic imine (C=N–C) groups is 1. The Kier molecular flexibility index (Phi) is 4.62. The van der Waals surface area contributed by atoms with Gasteiger partial charge in [-0.2, -0.15) is 0 Å². The Morgan fingerprint density at radius 2 is 2.00 bits per heavy atom. The van der Waals surface area contributed by atoms with Crippen LogP contribution in [0.15, 0.2) is 28.9 Å². The molecule has 0 spiro atoms. The fraction of sp³-hybridized carbons (Fsp3) is 0.615. The van der Waals surface area contributed by atoms with Gasteiger partial charge in [0.15, 0.2) is 0 Å². The van der Waals surface area contributed by atoms with Crippen molar-refractivity contribution in [2.75, 3.05) is 26.2 Å². The Hall–Kier alpha value is -1.09. The summed E-state index contributed by atoms with van der Waals surface area (Å²) in [7, 11) is 0. The van der Waals surface area contributed by atoms with Crippen LogP contribution >= 0.6 is 0 Å². The van der Waals surface area contributed by atoms with Gasteiger partial charge in [-0.25, -0.2) is 0 Å². The molecule has 0 aromatic carbocycles. The second-order valence-electron chi connectivity index (χ2n) is 4.31. The highest BCUT2D eigenvalue weighted by Gasteiger charge is 2.13. The molecule has 0 bridgehead atoms. The van der Waals surface area contributed by atoms with E-state index in [9.17, 15) is 0 Å². The minimum atomic E-state index is 0.921. The smallest absolute Gasteiger partial charge is 0.0545 e. The van der Waals surface area contributed by atoms with Gasteiger partial charge in [0, 0.05) is 38.0 Å².